The average Bonchev–Trinajstić information content (AvgIpc) is 2.87. The van der Waals surface area contributed by atoms with Crippen molar-refractivity contribution in [2.45, 2.75) is 4.90 Å². The highest BCUT2D eigenvalue weighted by Crippen LogP contribution is 2.28. The highest BCUT2D eigenvalue weighted by atomic mass is 35.5. The molecule has 11 heteroatoms. The van der Waals surface area contributed by atoms with E-state index in [1.807, 2.05) is 6.07 Å². The largest absolute Gasteiger partial charge is 0.452 e. The molecule has 0 spiro atoms. The molecular formula is C25H19Cl2N3O5S. The Balaban J connectivity index is 1.80. The molecule has 0 aliphatic heterocycles. The van der Waals surface area contributed by atoms with Gasteiger partial charge in [0.1, 0.15) is 6.07 Å². The first-order chi connectivity index (χ1) is 17.2. The number of halogens is 2. The molecule has 0 bridgehead atoms. The summed E-state index contributed by atoms with van der Waals surface area (Å²) in [5.41, 5.74) is 0.602. The van der Waals surface area contributed by atoms with E-state index in [-0.39, 0.29) is 33.3 Å². The van der Waals surface area contributed by atoms with Crippen LogP contribution in [0.5, 0.6) is 0 Å². The van der Waals surface area contributed by atoms with E-state index < -0.39 is 28.5 Å². The standard InChI is InChI=1S/C25H19Cl2N3O5S/c1-2-13-30(19-9-7-18(26)8-10-19)36(33,34)20-11-12-22(27)21(14-20)25(32)35-16-24(31)29-23-6-4-3-5-17(23)15-28/h2-12,14H,1,13,16H2,(H,29,31). The maximum absolute atomic E-state index is 13.4. The molecule has 0 aromatic heterocycles. The smallest absolute Gasteiger partial charge is 0.340 e. The molecule has 0 aliphatic rings. The van der Waals surface area contributed by atoms with Crippen LogP contribution in [0.1, 0.15) is 15.9 Å². The lowest BCUT2D eigenvalue weighted by molar-refractivity contribution is -0.119. The Kier molecular flexibility index (Phi) is 8.72. The number of esters is 1. The number of amides is 1. The van der Waals surface area contributed by atoms with Crippen molar-refractivity contribution in [3.63, 3.8) is 0 Å². The molecule has 0 saturated carbocycles. The number of rotatable bonds is 9. The molecule has 0 radical (unpaired) electrons. The number of para-hydroxylation sites is 1. The van der Waals surface area contributed by atoms with Gasteiger partial charge < -0.3 is 10.1 Å². The second-order valence-corrected chi connectivity index (χ2v) is 9.93. The Labute approximate surface area is 218 Å². The van der Waals surface area contributed by atoms with Gasteiger partial charge in [-0.3, -0.25) is 9.10 Å². The van der Waals surface area contributed by atoms with E-state index in [0.29, 0.717) is 10.7 Å². The van der Waals surface area contributed by atoms with E-state index in [9.17, 15) is 18.0 Å². The average molecular weight is 544 g/mol. The van der Waals surface area contributed by atoms with E-state index in [1.165, 1.54) is 42.5 Å². The fourth-order valence-electron chi connectivity index (χ4n) is 3.10. The van der Waals surface area contributed by atoms with Crippen molar-refractivity contribution in [1.82, 2.24) is 0 Å². The number of sulfonamides is 1. The fraction of sp³-hybridized carbons (Fsp3) is 0.0800. The maximum atomic E-state index is 13.4. The summed E-state index contributed by atoms with van der Waals surface area (Å²) >= 11 is 12.0. The number of nitrogens with one attached hydrogen (secondary N) is 1. The van der Waals surface area contributed by atoms with Crippen LogP contribution in [-0.4, -0.2) is 33.4 Å². The summed E-state index contributed by atoms with van der Waals surface area (Å²) in [6, 6.07) is 18.0. The van der Waals surface area contributed by atoms with E-state index >= 15 is 0 Å². The van der Waals surface area contributed by atoms with Crippen LogP contribution in [0.25, 0.3) is 0 Å². The quantitative estimate of drug-likeness (QED) is 0.298. The summed E-state index contributed by atoms with van der Waals surface area (Å²) in [6.07, 6.45) is 1.42. The van der Waals surface area contributed by atoms with Crippen molar-refractivity contribution < 1.29 is 22.7 Å². The van der Waals surface area contributed by atoms with Gasteiger partial charge in [-0.05, 0) is 54.6 Å². The van der Waals surface area contributed by atoms with Crippen molar-refractivity contribution in [2.24, 2.45) is 0 Å². The molecule has 3 rings (SSSR count). The zero-order valence-electron chi connectivity index (χ0n) is 18.6. The second-order valence-electron chi connectivity index (χ2n) is 7.22. The zero-order chi connectivity index (χ0) is 26.3. The number of carbonyl (C=O) groups is 2. The predicted molar refractivity (Wildman–Crippen MR) is 138 cm³/mol. The normalized spacial score (nSPS) is 10.7. The molecule has 8 nitrogen and oxygen atoms in total. The SMILES string of the molecule is C=CCN(c1ccc(Cl)cc1)S(=O)(=O)c1ccc(Cl)c(C(=O)OCC(=O)Nc2ccccc2C#N)c1. The predicted octanol–water partition coefficient (Wildman–Crippen LogP) is 5.04. The monoisotopic (exact) mass is 543 g/mol. The third-order valence-corrected chi connectivity index (χ3v) is 7.18. The summed E-state index contributed by atoms with van der Waals surface area (Å²) < 4.78 is 32.9. The van der Waals surface area contributed by atoms with Gasteiger partial charge in [-0.25, -0.2) is 13.2 Å². The molecule has 1 amide bonds. The molecule has 0 saturated heterocycles. The molecule has 36 heavy (non-hydrogen) atoms. The van der Waals surface area contributed by atoms with Gasteiger partial charge in [-0.1, -0.05) is 41.4 Å². The van der Waals surface area contributed by atoms with Gasteiger partial charge in [0.15, 0.2) is 6.61 Å². The number of hydrogen-bond acceptors (Lipinski definition) is 6. The van der Waals surface area contributed by atoms with Crippen molar-refractivity contribution in [3.05, 3.63) is 101 Å². The lowest BCUT2D eigenvalue weighted by atomic mass is 10.2. The second kappa shape index (κ2) is 11.7. The number of hydrogen-bond donors (Lipinski definition) is 1. The summed E-state index contributed by atoms with van der Waals surface area (Å²) in [7, 11) is -4.14. The lowest BCUT2D eigenvalue weighted by Crippen LogP contribution is -2.31. The van der Waals surface area contributed by atoms with Gasteiger partial charge in [-0.2, -0.15) is 5.26 Å². The lowest BCUT2D eigenvalue weighted by Gasteiger charge is -2.23. The van der Waals surface area contributed by atoms with Crippen molar-refractivity contribution in [2.75, 3.05) is 22.8 Å². The van der Waals surface area contributed by atoms with E-state index in [1.54, 1.807) is 24.3 Å². The van der Waals surface area contributed by atoms with Crippen molar-refractivity contribution in [1.29, 1.82) is 5.26 Å². The minimum atomic E-state index is -4.14. The molecule has 0 atom stereocenters. The van der Waals surface area contributed by atoms with Crippen LogP contribution < -0.4 is 9.62 Å². The third kappa shape index (κ3) is 6.23. The Bertz CT molecular complexity index is 1450. The summed E-state index contributed by atoms with van der Waals surface area (Å²) in [5, 5.41) is 12.0. The summed E-state index contributed by atoms with van der Waals surface area (Å²) in [4.78, 5) is 24.6. The van der Waals surface area contributed by atoms with Gasteiger partial charge in [0.25, 0.3) is 15.9 Å². The first-order valence-corrected chi connectivity index (χ1v) is 12.5. The van der Waals surface area contributed by atoms with Crippen LogP contribution in [0.3, 0.4) is 0 Å². The molecule has 0 aliphatic carbocycles. The summed E-state index contributed by atoms with van der Waals surface area (Å²) in [5.74, 6) is -1.69. The zero-order valence-corrected chi connectivity index (χ0v) is 21.0. The van der Waals surface area contributed by atoms with E-state index in [0.717, 1.165) is 10.4 Å². The van der Waals surface area contributed by atoms with E-state index in [2.05, 4.69) is 11.9 Å². The Morgan fingerprint density at radius 2 is 1.78 bits per heavy atom. The van der Waals surface area contributed by atoms with E-state index in [4.69, 9.17) is 33.2 Å². The first-order valence-electron chi connectivity index (χ1n) is 10.3. The highest BCUT2D eigenvalue weighted by molar-refractivity contribution is 7.92. The number of nitriles is 1. The van der Waals surface area contributed by atoms with Gasteiger partial charge in [0, 0.05) is 5.02 Å². The molecule has 3 aromatic rings. The van der Waals surface area contributed by atoms with Crippen LogP contribution in [-0.2, 0) is 19.6 Å². The first kappa shape index (κ1) is 26.8. The molecule has 0 unspecified atom stereocenters. The molecule has 184 valence electrons. The Morgan fingerprint density at radius 1 is 1.08 bits per heavy atom. The van der Waals surface area contributed by atoms with Crippen LogP contribution in [0.15, 0.2) is 84.3 Å². The Hall–Kier alpha value is -3.84. The van der Waals surface area contributed by atoms with Crippen LogP contribution in [0.4, 0.5) is 11.4 Å². The van der Waals surface area contributed by atoms with Crippen LogP contribution in [0, 0.1) is 11.3 Å². The molecular weight excluding hydrogens is 525 g/mol. The van der Waals surface area contributed by atoms with Gasteiger partial charge in [-0.15, -0.1) is 6.58 Å². The molecule has 0 fully saturated rings. The third-order valence-electron chi connectivity index (χ3n) is 4.81. The summed E-state index contributed by atoms with van der Waals surface area (Å²) in [6.45, 7) is 2.88. The Morgan fingerprint density at radius 3 is 2.44 bits per heavy atom. The van der Waals surface area contributed by atoms with Crippen LogP contribution in [0.2, 0.25) is 10.0 Å². The number of benzene rings is 3. The van der Waals surface area contributed by atoms with Gasteiger partial charge in [0.05, 0.1) is 39.0 Å². The maximum Gasteiger partial charge on any atom is 0.340 e. The van der Waals surface area contributed by atoms with Crippen molar-refractivity contribution in [3.8, 4) is 6.07 Å². The fourth-order valence-corrected chi connectivity index (χ4v) is 4.88. The number of nitrogens with zero attached hydrogens (tertiary/aromatic N) is 2. The number of anilines is 2. The topological polar surface area (TPSA) is 117 Å². The van der Waals surface area contributed by atoms with Crippen LogP contribution >= 0.6 is 23.2 Å². The van der Waals surface area contributed by atoms with Gasteiger partial charge >= 0.3 is 5.97 Å². The number of carbonyl (C=O) groups excluding carboxylic acids is 2. The van der Waals surface area contributed by atoms with Crippen molar-refractivity contribution >= 4 is 56.5 Å². The molecule has 1 N–H and O–H groups in total. The van der Waals surface area contributed by atoms with Gasteiger partial charge in [0.2, 0.25) is 0 Å². The minimum absolute atomic E-state index is 0.0449. The minimum Gasteiger partial charge on any atom is -0.452 e. The number of ether oxygens (including phenoxy) is 1. The molecule has 0 heterocycles. The highest BCUT2D eigenvalue weighted by Gasteiger charge is 2.26. The molecule has 3 aromatic carbocycles.